The van der Waals surface area contributed by atoms with Gasteiger partial charge in [0.15, 0.2) is 0 Å². The Labute approximate surface area is 163 Å². The van der Waals surface area contributed by atoms with Gasteiger partial charge in [-0.05, 0) is 48.0 Å². The zero-order chi connectivity index (χ0) is 20.3. The van der Waals surface area contributed by atoms with E-state index in [0.717, 1.165) is 46.8 Å². The number of nitro benzene ring substituents is 1. The SMILES string of the molecule is Cc1ccc(-n2nnnc2SCC(=O)Nc2ccc(F)cc2[N+](=O)[O-])c(C)c1. The van der Waals surface area contributed by atoms with E-state index in [1.807, 2.05) is 32.0 Å². The van der Waals surface area contributed by atoms with Crippen LogP contribution in [0.15, 0.2) is 41.6 Å². The number of benzene rings is 2. The van der Waals surface area contributed by atoms with Crippen molar-refractivity contribution in [1.29, 1.82) is 0 Å². The first-order chi connectivity index (χ1) is 13.3. The van der Waals surface area contributed by atoms with Crippen molar-refractivity contribution in [3.63, 3.8) is 0 Å². The molecule has 0 spiro atoms. The second-order valence-corrected chi connectivity index (χ2v) is 6.86. The Morgan fingerprint density at radius 3 is 2.79 bits per heavy atom. The summed E-state index contributed by atoms with van der Waals surface area (Å²) in [6, 6.07) is 8.74. The van der Waals surface area contributed by atoms with Crippen LogP contribution in [0.2, 0.25) is 0 Å². The van der Waals surface area contributed by atoms with Gasteiger partial charge < -0.3 is 5.32 Å². The summed E-state index contributed by atoms with van der Waals surface area (Å²) < 4.78 is 14.7. The van der Waals surface area contributed by atoms with Crippen molar-refractivity contribution in [2.45, 2.75) is 19.0 Å². The largest absolute Gasteiger partial charge is 0.320 e. The average Bonchev–Trinajstić information content (AvgIpc) is 3.09. The third-order valence-electron chi connectivity index (χ3n) is 3.78. The minimum Gasteiger partial charge on any atom is -0.320 e. The number of rotatable bonds is 6. The number of nitro groups is 1. The van der Waals surface area contributed by atoms with Gasteiger partial charge in [0.2, 0.25) is 11.1 Å². The van der Waals surface area contributed by atoms with E-state index in [1.54, 1.807) is 0 Å². The predicted molar refractivity (Wildman–Crippen MR) is 101 cm³/mol. The lowest BCUT2D eigenvalue weighted by Gasteiger charge is -2.09. The quantitative estimate of drug-likeness (QED) is 0.383. The monoisotopic (exact) mass is 402 g/mol. The zero-order valence-electron chi connectivity index (χ0n) is 14.9. The van der Waals surface area contributed by atoms with Crippen molar-refractivity contribution in [3.8, 4) is 5.69 Å². The summed E-state index contributed by atoms with van der Waals surface area (Å²) >= 11 is 1.08. The molecule has 3 rings (SSSR count). The van der Waals surface area contributed by atoms with Gasteiger partial charge >= 0.3 is 0 Å². The summed E-state index contributed by atoms with van der Waals surface area (Å²) in [5.74, 6) is -1.35. The Kier molecular flexibility index (Phi) is 5.64. The molecule has 0 fully saturated rings. The third kappa shape index (κ3) is 4.31. The Bertz CT molecular complexity index is 1060. The van der Waals surface area contributed by atoms with Crippen molar-refractivity contribution in [2.75, 3.05) is 11.1 Å². The van der Waals surface area contributed by atoms with Crippen LogP contribution in [0.5, 0.6) is 0 Å². The summed E-state index contributed by atoms with van der Waals surface area (Å²) in [7, 11) is 0. The molecule has 11 heteroatoms. The predicted octanol–water partition coefficient (Wildman–Crippen LogP) is 3.06. The van der Waals surface area contributed by atoms with Crippen molar-refractivity contribution in [1.82, 2.24) is 20.2 Å². The van der Waals surface area contributed by atoms with Crippen LogP contribution < -0.4 is 5.32 Å². The molecule has 0 unspecified atom stereocenters. The molecule has 0 aliphatic heterocycles. The van der Waals surface area contributed by atoms with E-state index in [4.69, 9.17) is 0 Å². The highest BCUT2D eigenvalue weighted by Gasteiger charge is 2.18. The number of thioether (sulfide) groups is 1. The number of hydrogen-bond acceptors (Lipinski definition) is 7. The van der Waals surface area contributed by atoms with Gasteiger partial charge in [-0.15, -0.1) is 5.10 Å². The van der Waals surface area contributed by atoms with Crippen molar-refractivity contribution in [3.05, 3.63) is 63.5 Å². The number of nitrogens with one attached hydrogen (secondary N) is 1. The van der Waals surface area contributed by atoms with Crippen LogP contribution >= 0.6 is 11.8 Å². The highest BCUT2D eigenvalue weighted by atomic mass is 32.2. The maximum absolute atomic E-state index is 13.2. The second kappa shape index (κ2) is 8.13. The Morgan fingerprint density at radius 1 is 1.29 bits per heavy atom. The lowest BCUT2D eigenvalue weighted by atomic mass is 10.1. The van der Waals surface area contributed by atoms with Crippen LogP contribution in [-0.4, -0.2) is 36.8 Å². The molecule has 0 bridgehead atoms. The Morgan fingerprint density at radius 2 is 2.07 bits per heavy atom. The molecule has 1 heterocycles. The fourth-order valence-electron chi connectivity index (χ4n) is 2.54. The minimum absolute atomic E-state index is 0.0778. The molecule has 9 nitrogen and oxygen atoms in total. The summed E-state index contributed by atoms with van der Waals surface area (Å²) in [6.07, 6.45) is 0. The van der Waals surface area contributed by atoms with Crippen LogP contribution in [0.25, 0.3) is 5.69 Å². The average molecular weight is 402 g/mol. The Balaban J connectivity index is 1.72. The standard InChI is InChI=1S/C17H15FN6O3S/c1-10-3-6-14(11(2)7-10)23-17(20-21-22-23)28-9-16(25)19-13-5-4-12(18)8-15(13)24(26)27/h3-8H,9H2,1-2H3,(H,19,25). The van der Waals surface area contributed by atoms with Crippen molar-refractivity contribution in [2.24, 2.45) is 0 Å². The van der Waals surface area contributed by atoms with E-state index in [1.165, 1.54) is 4.68 Å². The van der Waals surface area contributed by atoms with E-state index in [0.29, 0.717) is 5.16 Å². The van der Waals surface area contributed by atoms with Crippen molar-refractivity contribution >= 4 is 29.0 Å². The first-order valence-electron chi connectivity index (χ1n) is 8.08. The van der Waals surface area contributed by atoms with Gasteiger partial charge in [-0.1, -0.05) is 29.5 Å². The number of aromatic nitrogens is 4. The molecule has 0 atom stereocenters. The van der Waals surface area contributed by atoms with E-state index in [2.05, 4.69) is 20.8 Å². The molecule has 1 N–H and O–H groups in total. The van der Waals surface area contributed by atoms with Gasteiger partial charge in [0.25, 0.3) is 5.69 Å². The molecule has 1 aromatic heterocycles. The number of hydrogen-bond donors (Lipinski definition) is 1. The van der Waals surface area contributed by atoms with Gasteiger partial charge in [0, 0.05) is 0 Å². The van der Waals surface area contributed by atoms with E-state index in [9.17, 15) is 19.3 Å². The van der Waals surface area contributed by atoms with Crippen LogP contribution in [0, 0.1) is 29.8 Å². The molecule has 0 saturated heterocycles. The van der Waals surface area contributed by atoms with Crippen molar-refractivity contribution < 1.29 is 14.1 Å². The number of carbonyl (C=O) groups excluding carboxylic acids is 1. The van der Waals surface area contributed by atoms with E-state index >= 15 is 0 Å². The molecule has 0 aliphatic rings. The summed E-state index contributed by atoms with van der Waals surface area (Å²) in [4.78, 5) is 22.5. The number of carbonyl (C=O) groups is 1. The Hall–Kier alpha value is -3.34. The second-order valence-electron chi connectivity index (χ2n) is 5.92. The van der Waals surface area contributed by atoms with Gasteiger partial charge in [0.1, 0.15) is 11.5 Å². The zero-order valence-corrected chi connectivity index (χ0v) is 15.7. The highest BCUT2D eigenvalue weighted by molar-refractivity contribution is 7.99. The number of amides is 1. The van der Waals surface area contributed by atoms with Gasteiger partial charge in [-0.25, -0.2) is 4.39 Å². The van der Waals surface area contributed by atoms with Gasteiger partial charge in [-0.2, -0.15) is 4.68 Å². The molecule has 0 aliphatic carbocycles. The van der Waals surface area contributed by atoms with Crippen LogP contribution in [-0.2, 0) is 4.79 Å². The first-order valence-corrected chi connectivity index (χ1v) is 9.06. The highest BCUT2D eigenvalue weighted by Crippen LogP contribution is 2.26. The smallest absolute Gasteiger partial charge is 0.295 e. The lowest BCUT2D eigenvalue weighted by molar-refractivity contribution is -0.384. The lowest BCUT2D eigenvalue weighted by Crippen LogP contribution is -2.16. The summed E-state index contributed by atoms with van der Waals surface area (Å²) in [5.41, 5.74) is 2.27. The number of aryl methyl sites for hydroxylation is 2. The molecule has 144 valence electrons. The van der Waals surface area contributed by atoms with E-state index < -0.39 is 22.3 Å². The number of halogens is 1. The normalized spacial score (nSPS) is 10.7. The number of anilines is 1. The van der Waals surface area contributed by atoms with E-state index in [-0.39, 0.29) is 11.4 Å². The first kappa shape index (κ1) is 19.4. The third-order valence-corrected chi connectivity index (χ3v) is 4.70. The molecule has 0 saturated carbocycles. The summed E-state index contributed by atoms with van der Waals surface area (Å²) in [5, 5.41) is 25.4. The molecular weight excluding hydrogens is 387 g/mol. The topological polar surface area (TPSA) is 116 Å². The fourth-order valence-corrected chi connectivity index (χ4v) is 3.22. The maximum Gasteiger partial charge on any atom is 0.295 e. The molecule has 28 heavy (non-hydrogen) atoms. The maximum atomic E-state index is 13.2. The molecule has 2 aromatic carbocycles. The fraction of sp³-hybridized carbons (Fsp3) is 0.176. The van der Waals surface area contributed by atoms with Gasteiger partial charge in [-0.3, -0.25) is 14.9 Å². The van der Waals surface area contributed by atoms with Crippen LogP contribution in [0.4, 0.5) is 15.8 Å². The number of tetrazole rings is 1. The molecule has 0 radical (unpaired) electrons. The van der Waals surface area contributed by atoms with Crippen LogP contribution in [0.1, 0.15) is 11.1 Å². The molecule has 3 aromatic rings. The minimum atomic E-state index is -0.758. The summed E-state index contributed by atoms with van der Waals surface area (Å²) in [6.45, 7) is 3.91. The van der Waals surface area contributed by atoms with Gasteiger partial charge in [0.05, 0.1) is 22.4 Å². The molecule has 1 amide bonds. The molecular formula is C17H15FN6O3S. The van der Waals surface area contributed by atoms with Crippen LogP contribution in [0.3, 0.4) is 0 Å². The number of nitrogens with zero attached hydrogens (tertiary/aromatic N) is 5.